The number of hydrogen-bond acceptors (Lipinski definition) is 4. The van der Waals surface area contributed by atoms with Gasteiger partial charge < -0.3 is 10.2 Å². The topological polar surface area (TPSA) is 129 Å². The summed E-state index contributed by atoms with van der Waals surface area (Å²) in [5.41, 5.74) is -0.492. The quantitative estimate of drug-likeness (QED) is 0.731. The van der Waals surface area contributed by atoms with E-state index in [0.29, 0.717) is 0 Å². The molecule has 2 rings (SSSR count). The molecular formula is C12H8O7S. The first-order valence-electron chi connectivity index (χ1n) is 5.22. The molecule has 3 N–H and O–H groups in total. The van der Waals surface area contributed by atoms with Crippen molar-refractivity contribution < 1.29 is 32.8 Å². The highest BCUT2D eigenvalue weighted by molar-refractivity contribution is 7.86. The molecule has 0 atom stereocenters. The van der Waals surface area contributed by atoms with Crippen LogP contribution in [0.4, 0.5) is 0 Å². The van der Waals surface area contributed by atoms with Crippen molar-refractivity contribution in [3.63, 3.8) is 0 Å². The molecule has 0 aromatic heterocycles. The summed E-state index contributed by atoms with van der Waals surface area (Å²) in [6.45, 7) is 0. The SMILES string of the molecule is O=C(O)c1ccc2c(S(=O)(=O)O)cc(C(=O)O)cc2c1. The number of carboxylic acid groups (broad SMARTS) is 2. The van der Waals surface area contributed by atoms with Gasteiger partial charge in [-0.3, -0.25) is 4.55 Å². The number of carboxylic acids is 2. The van der Waals surface area contributed by atoms with Crippen molar-refractivity contribution >= 4 is 32.8 Å². The summed E-state index contributed by atoms with van der Waals surface area (Å²) in [5, 5.41) is 17.9. The molecule has 0 saturated heterocycles. The van der Waals surface area contributed by atoms with E-state index in [0.717, 1.165) is 18.2 Å². The number of rotatable bonds is 3. The molecule has 0 unspecified atom stereocenters. The fraction of sp³-hybridized carbons (Fsp3) is 0. The largest absolute Gasteiger partial charge is 0.478 e. The Balaban J connectivity index is 2.91. The van der Waals surface area contributed by atoms with Crippen LogP contribution in [-0.4, -0.2) is 35.1 Å². The summed E-state index contributed by atoms with van der Waals surface area (Å²) < 4.78 is 31.7. The predicted octanol–water partition coefficient (Wildman–Crippen LogP) is 1.48. The van der Waals surface area contributed by atoms with Crippen molar-refractivity contribution in [1.29, 1.82) is 0 Å². The van der Waals surface area contributed by atoms with Crippen LogP contribution in [0.2, 0.25) is 0 Å². The van der Waals surface area contributed by atoms with E-state index in [-0.39, 0.29) is 21.9 Å². The molecule has 8 heteroatoms. The zero-order chi connectivity index (χ0) is 15.1. The van der Waals surface area contributed by atoms with Crippen LogP contribution in [0.1, 0.15) is 20.7 Å². The zero-order valence-corrected chi connectivity index (χ0v) is 10.6. The number of benzene rings is 2. The molecule has 0 aliphatic heterocycles. The summed E-state index contributed by atoms with van der Waals surface area (Å²) in [5.74, 6) is -2.63. The molecule has 0 bridgehead atoms. The molecule has 2 aromatic rings. The van der Waals surface area contributed by atoms with E-state index >= 15 is 0 Å². The Morgan fingerprint density at radius 1 is 0.900 bits per heavy atom. The number of aromatic carboxylic acids is 2. The van der Waals surface area contributed by atoms with Crippen LogP contribution >= 0.6 is 0 Å². The average molecular weight is 296 g/mol. The smallest absolute Gasteiger partial charge is 0.335 e. The minimum Gasteiger partial charge on any atom is -0.478 e. The third kappa shape index (κ3) is 2.46. The normalized spacial score (nSPS) is 11.4. The van der Waals surface area contributed by atoms with E-state index in [1.165, 1.54) is 12.1 Å². The van der Waals surface area contributed by atoms with Gasteiger partial charge in [0.05, 0.1) is 11.1 Å². The minimum atomic E-state index is -4.63. The van der Waals surface area contributed by atoms with Crippen LogP contribution < -0.4 is 0 Å². The van der Waals surface area contributed by atoms with Gasteiger partial charge in [0, 0.05) is 5.39 Å². The molecule has 20 heavy (non-hydrogen) atoms. The van der Waals surface area contributed by atoms with Crippen molar-refractivity contribution in [1.82, 2.24) is 0 Å². The summed E-state index contributed by atoms with van der Waals surface area (Å²) in [6, 6.07) is 5.46. The van der Waals surface area contributed by atoms with Gasteiger partial charge in [-0.15, -0.1) is 0 Å². The molecule has 0 spiro atoms. The van der Waals surface area contributed by atoms with Gasteiger partial charge in [0.25, 0.3) is 10.1 Å². The Bertz CT molecular complexity index is 831. The van der Waals surface area contributed by atoms with Gasteiger partial charge in [-0.05, 0) is 29.7 Å². The molecule has 7 nitrogen and oxygen atoms in total. The first-order chi connectivity index (χ1) is 9.20. The molecular weight excluding hydrogens is 288 g/mol. The van der Waals surface area contributed by atoms with Crippen molar-refractivity contribution in [2.24, 2.45) is 0 Å². The van der Waals surface area contributed by atoms with Gasteiger partial charge in [0.1, 0.15) is 4.90 Å². The lowest BCUT2D eigenvalue weighted by Gasteiger charge is -2.07. The second-order valence-electron chi connectivity index (χ2n) is 4.00. The molecule has 104 valence electrons. The summed E-state index contributed by atoms with van der Waals surface area (Å²) in [4.78, 5) is 21.2. The van der Waals surface area contributed by atoms with Crippen molar-refractivity contribution in [3.8, 4) is 0 Å². The molecule has 0 amide bonds. The maximum Gasteiger partial charge on any atom is 0.335 e. The van der Waals surface area contributed by atoms with E-state index in [1.54, 1.807) is 0 Å². The summed E-state index contributed by atoms with van der Waals surface area (Å²) in [6.07, 6.45) is 0. The Labute approximate surface area is 112 Å². The Morgan fingerprint density at radius 3 is 1.95 bits per heavy atom. The molecule has 0 heterocycles. The fourth-order valence-electron chi connectivity index (χ4n) is 1.80. The lowest BCUT2D eigenvalue weighted by molar-refractivity contribution is 0.0686. The van der Waals surface area contributed by atoms with Crippen molar-refractivity contribution in [2.75, 3.05) is 0 Å². The van der Waals surface area contributed by atoms with Crippen LogP contribution in [0.5, 0.6) is 0 Å². The first-order valence-corrected chi connectivity index (χ1v) is 6.66. The van der Waals surface area contributed by atoms with Gasteiger partial charge in [-0.1, -0.05) is 6.07 Å². The van der Waals surface area contributed by atoms with Crippen LogP contribution in [0, 0.1) is 0 Å². The number of carbonyl (C=O) groups is 2. The third-order valence-corrected chi connectivity index (χ3v) is 3.58. The van der Waals surface area contributed by atoms with Gasteiger partial charge in [0.15, 0.2) is 0 Å². The number of fused-ring (bicyclic) bond motifs is 1. The van der Waals surface area contributed by atoms with Gasteiger partial charge >= 0.3 is 11.9 Å². The molecule has 0 aliphatic rings. The summed E-state index contributed by atoms with van der Waals surface area (Å²) in [7, 11) is -4.63. The Morgan fingerprint density at radius 2 is 1.45 bits per heavy atom. The fourth-order valence-corrected chi connectivity index (χ4v) is 2.54. The van der Waals surface area contributed by atoms with E-state index < -0.39 is 27.0 Å². The molecule has 0 aliphatic carbocycles. The van der Waals surface area contributed by atoms with Crippen LogP contribution in [0.3, 0.4) is 0 Å². The maximum absolute atomic E-state index is 11.3. The number of hydrogen-bond donors (Lipinski definition) is 3. The van der Waals surface area contributed by atoms with Crippen LogP contribution in [-0.2, 0) is 10.1 Å². The second-order valence-corrected chi connectivity index (χ2v) is 5.39. The lowest BCUT2D eigenvalue weighted by atomic mass is 10.0. The van der Waals surface area contributed by atoms with Crippen molar-refractivity contribution in [2.45, 2.75) is 4.90 Å². The first kappa shape index (κ1) is 14.0. The molecule has 2 aromatic carbocycles. The van der Waals surface area contributed by atoms with Gasteiger partial charge in [0.2, 0.25) is 0 Å². The minimum absolute atomic E-state index is 0.0440. The lowest BCUT2D eigenvalue weighted by Crippen LogP contribution is -2.04. The molecule has 0 radical (unpaired) electrons. The third-order valence-electron chi connectivity index (χ3n) is 2.69. The van der Waals surface area contributed by atoms with Crippen LogP contribution in [0.25, 0.3) is 10.8 Å². The Kier molecular flexibility index (Phi) is 3.20. The van der Waals surface area contributed by atoms with E-state index in [4.69, 9.17) is 14.8 Å². The average Bonchev–Trinajstić information content (AvgIpc) is 2.35. The zero-order valence-electron chi connectivity index (χ0n) is 9.77. The molecule has 0 saturated carbocycles. The van der Waals surface area contributed by atoms with Crippen molar-refractivity contribution in [3.05, 3.63) is 41.5 Å². The molecule has 0 fully saturated rings. The predicted molar refractivity (Wildman–Crippen MR) is 67.7 cm³/mol. The highest BCUT2D eigenvalue weighted by atomic mass is 32.2. The Hall–Kier alpha value is -2.45. The second kappa shape index (κ2) is 4.58. The summed E-state index contributed by atoms with van der Waals surface area (Å²) >= 11 is 0. The van der Waals surface area contributed by atoms with Crippen LogP contribution in [0.15, 0.2) is 35.2 Å². The monoisotopic (exact) mass is 296 g/mol. The van der Waals surface area contributed by atoms with E-state index in [1.807, 2.05) is 0 Å². The highest BCUT2D eigenvalue weighted by Crippen LogP contribution is 2.26. The van der Waals surface area contributed by atoms with E-state index in [9.17, 15) is 18.0 Å². The van der Waals surface area contributed by atoms with Gasteiger partial charge in [-0.2, -0.15) is 8.42 Å². The maximum atomic E-state index is 11.3. The van der Waals surface area contributed by atoms with Gasteiger partial charge in [-0.25, -0.2) is 9.59 Å². The van der Waals surface area contributed by atoms with E-state index in [2.05, 4.69) is 0 Å². The standard InChI is InChI=1S/C12H8O7S/c13-11(14)6-1-2-9-7(3-6)4-8(12(15)16)5-10(9)20(17,18)19/h1-5H,(H,13,14)(H,15,16)(H,17,18,19). The highest BCUT2D eigenvalue weighted by Gasteiger charge is 2.18.